The average molecular weight is 489 g/mol. The lowest BCUT2D eigenvalue weighted by Crippen LogP contribution is -2.23. The Hall–Kier alpha value is -4.24. The number of para-hydroxylation sites is 2. The Morgan fingerprint density at radius 2 is 1.60 bits per heavy atom. The Morgan fingerprint density at radius 1 is 0.857 bits per heavy atom. The van der Waals surface area contributed by atoms with Gasteiger partial charge in [-0.05, 0) is 49.4 Å². The molecule has 9 heteroatoms. The molecule has 1 aromatic heterocycles. The molecule has 1 heterocycles. The summed E-state index contributed by atoms with van der Waals surface area (Å²) in [7, 11) is 0. The second-order valence-corrected chi connectivity index (χ2v) is 8.42. The second-order valence-electron chi connectivity index (χ2n) is 7.36. The maximum Gasteiger partial charge on any atom is 0.286 e. The van der Waals surface area contributed by atoms with Gasteiger partial charge in [0, 0.05) is 23.4 Å². The van der Waals surface area contributed by atoms with E-state index in [0.717, 1.165) is 28.4 Å². The van der Waals surface area contributed by atoms with Crippen LogP contribution in [0.15, 0.2) is 78.9 Å². The minimum atomic E-state index is -0.377. The van der Waals surface area contributed by atoms with Crippen molar-refractivity contribution in [2.75, 3.05) is 11.9 Å². The molecule has 2 N–H and O–H groups in total. The van der Waals surface area contributed by atoms with E-state index >= 15 is 0 Å². The third kappa shape index (κ3) is 6.64. The highest BCUT2D eigenvalue weighted by atomic mass is 32.1. The first kappa shape index (κ1) is 23.9. The number of nitrogens with one attached hydrogen (secondary N) is 2. The van der Waals surface area contributed by atoms with Crippen molar-refractivity contribution >= 4 is 28.8 Å². The molecular weight excluding hydrogens is 464 g/mol. The van der Waals surface area contributed by atoms with Crippen LogP contribution in [0.25, 0.3) is 0 Å². The molecule has 8 nitrogen and oxygen atoms in total. The van der Waals surface area contributed by atoms with E-state index in [1.165, 1.54) is 0 Å². The van der Waals surface area contributed by atoms with Gasteiger partial charge in [0.15, 0.2) is 5.01 Å². The first-order valence-electron chi connectivity index (χ1n) is 11.0. The molecule has 0 fully saturated rings. The molecule has 4 aromatic rings. The van der Waals surface area contributed by atoms with Crippen LogP contribution in [0.4, 0.5) is 5.69 Å². The van der Waals surface area contributed by atoms with Crippen LogP contribution in [0.5, 0.6) is 11.5 Å². The van der Waals surface area contributed by atoms with Crippen molar-refractivity contribution in [3.05, 3.63) is 100 Å². The smallest absolute Gasteiger partial charge is 0.286 e. The third-order valence-corrected chi connectivity index (χ3v) is 5.78. The molecule has 35 heavy (non-hydrogen) atoms. The monoisotopic (exact) mass is 488 g/mol. The van der Waals surface area contributed by atoms with Crippen LogP contribution in [0.1, 0.15) is 37.7 Å². The molecule has 0 radical (unpaired) electrons. The van der Waals surface area contributed by atoms with Crippen LogP contribution in [-0.2, 0) is 13.2 Å². The van der Waals surface area contributed by atoms with Crippen molar-refractivity contribution < 1.29 is 19.1 Å². The van der Waals surface area contributed by atoms with Crippen molar-refractivity contribution in [2.24, 2.45) is 0 Å². The van der Waals surface area contributed by atoms with E-state index in [2.05, 4.69) is 20.8 Å². The number of rotatable bonds is 10. The van der Waals surface area contributed by atoms with Crippen molar-refractivity contribution in [3.63, 3.8) is 0 Å². The quantitative estimate of drug-likeness (QED) is 0.336. The van der Waals surface area contributed by atoms with Crippen LogP contribution in [0.2, 0.25) is 0 Å². The van der Waals surface area contributed by atoms with E-state index in [-0.39, 0.29) is 23.4 Å². The number of hydrogen-bond donors (Lipinski definition) is 2. The summed E-state index contributed by atoms with van der Waals surface area (Å²) in [5.74, 6) is 0.871. The lowest BCUT2D eigenvalue weighted by Gasteiger charge is -2.11. The molecule has 0 atom stereocenters. The van der Waals surface area contributed by atoms with Gasteiger partial charge >= 0.3 is 0 Å². The van der Waals surface area contributed by atoms with Crippen LogP contribution in [-0.4, -0.2) is 28.6 Å². The van der Waals surface area contributed by atoms with E-state index < -0.39 is 0 Å². The molecule has 0 saturated heterocycles. The van der Waals surface area contributed by atoms with Crippen molar-refractivity contribution in [2.45, 2.75) is 20.1 Å². The zero-order valence-electron chi connectivity index (χ0n) is 19.1. The Balaban J connectivity index is 1.29. The Kier molecular flexibility index (Phi) is 8.03. The van der Waals surface area contributed by atoms with Gasteiger partial charge in [-0.2, -0.15) is 0 Å². The number of carbonyl (C=O) groups excluding carboxylic acids is 2. The Bertz CT molecular complexity index is 1280. The highest BCUT2D eigenvalue weighted by Crippen LogP contribution is 2.19. The van der Waals surface area contributed by atoms with Gasteiger partial charge in [0.05, 0.1) is 6.61 Å². The molecule has 0 aliphatic heterocycles. The van der Waals surface area contributed by atoms with Gasteiger partial charge < -0.3 is 20.1 Å². The van der Waals surface area contributed by atoms with Crippen LogP contribution in [0.3, 0.4) is 0 Å². The fourth-order valence-electron chi connectivity index (χ4n) is 3.18. The minimum Gasteiger partial charge on any atom is -0.494 e. The maximum atomic E-state index is 12.5. The van der Waals surface area contributed by atoms with E-state index in [1.54, 1.807) is 24.3 Å². The van der Waals surface area contributed by atoms with Crippen LogP contribution >= 0.6 is 11.3 Å². The molecule has 0 spiro atoms. The van der Waals surface area contributed by atoms with Gasteiger partial charge in [0.25, 0.3) is 11.8 Å². The predicted molar refractivity (Wildman–Crippen MR) is 134 cm³/mol. The highest BCUT2D eigenvalue weighted by molar-refractivity contribution is 7.13. The highest BCUT2D eigenvalue weighted by Gasteiger charge is 2.14. The van der Waals surface area contributed by atoms with E-state index in [0.29, 0.717) is 29.4 Å². The number of ether oxygens (including phenoxy) is 2. The molecule has 0 aliphatic rings. The lowest BCUT2D eigenvalue weighted by atomic mass is 10.1. The van der Waals surface area contributed by atoms with Crippen molar-refractivity contribution in [3.8, 4) is 11.5 Å². The number of anilines is 1. The van der Waals surface area contributed by atoms with Crippen molar-refractivity contribution in [1.82, 2.24) is 15.5 Å². The predicted octanol–water partition coefficient (Wildman–Crippen LogP) is 4.70. The first-order valence-corrected chi connectivity index (χ1v) is 11.8. The maximum absolute atomic E-state index is 12.5. The lowest BCUT2D eigenvalue weighted by molar-refractivity contribution is 0.0950. The number of nitrogens with zero attached hydrogens (tertiary/aromatic N) is 2. The first-order chi connectivity index (χ1) is 17.1. The summed E-state index contributed by atoms with van der Waals surface area (Å²) in [4.78, 5) is 25.1. The number of aromatic nitrogens is 2. The number of carbonyl (C=O) groups is 2. The summed E-state index contributed by atoms with van der Waals surface area (Å²) in [5.41, 5.74) is 1.93. The standard InChI is InChI=1S/C26H24N4O4S/c1-2-33-22-11-7-6-8-19(22)16-27-24(31)18-12-14-20(15-13-18)28-25(32)26-30-29-23(35-26)17-34-21-9-4-3-5-10-21/h3-15H,2,16-17H2,1H3,(H,27,31)(H,28,32). The van der Waals surface area contributed by atoms with E-state index in [9.17, 15) is 9.59 Å². The summed E-state index contributed by atoms with van der Waals surface area (Å²) < 4.78 is 11.2. The molecule has 0 unspecified atom stereocenters. The van der Waals surface area contributed by atoms with Gasteiger partial charge in [-0.15, -0.1) is 10.2 Å². The normalized spacial score (nSPS) is 10.4. The SMILES string of the molecule is CCOc1ccccc1CNC(=O)c1ccc(NC(=O)c2nnc(COc3ccccc3)s2)cc1. The van der Waals surface area contributed by atoms with Crippen LogP contribution < -0.4 is 20.1 Å². The van der Waals surface area contributed by atoms with E-state index in [1.807, 2.05) is 61.5 Å². The number of benzene rings is 3. The molecule has 178 valence electrons. The van der Waals surface area contributed by atoms with Crippen LogP contribution in [0, 0.1) is 0 Å². The molecule has 0 aliphatic carbocycles. The fourth-order valence-corrected chi connectivity index (χ4v) is 3.83. The summed E-state index contributed by atoms with van der Waals surface area (Å²) >= 11 is 1.16. The van der Waals surface area contributed by atoms with Gasteiger partial charge in [-0.25, -0.2) is 0 Å². The zero-order valence-corrected chi connectivity index (χ0v) is 19.9. The molecule has 3 aromatic carbocycles. The molecule has 4 rings (SSSR count). The zero-order chi connectivity index (χ0) is 24.5. The molecular formula is C26H24N4O4S. The summed E-state index contributed by atoms with van der Waals surface area (Å²) in [6.07, 6.45) is 0. The third-order valence-electron chi connectivity index (χ3n) is 4.88. The summed E-state index contributed by atoms with van der Waals surface area (Å²) in [6.45, 7) is 3.05. The minimum absolute atomic E-state index is 0.221. The second kappa shape index (κ2) is 11.8. The van der Waals surface area contributed by atoms with Gasteiger partial charge in [0.1, 0.15) is 18.1 Å². The van der Waals surface area contributed by atoms with Gasteiger partial charge in [0.2, 0.25) is 5.01 Å². The Morgan fingerprint density at radius 3 is 2.37 bits per heavy atom. The topological polar surface area (TPSA) is 102 Å². The fraction of sp³-hybridized carbons (Fsp3) is 0.154. The average Bonchev–Trinajstić information content (AvgIpc) is 3.37. The number of hydrogen-bond acceptors (Lipinski definition) is 7. The molecule has 0 bridgehead atoms. The number of amides is 2. The van der Waals surface area contributed by atoms with Gasteiger partial charge in [-0.3, -0.25) is 9.59 Å². The van der Waals surface area contributed by atoms with E-state index in [4.69, 9.17) is 9.47 Å². The summed E-state index contributed by atoms with van der Waals surface area (Å²) in [6, 6.07) is 23.6. The van der Waals surface area contributed by atoms with Crippen molar-refractivity contribution in [1.29, 1.82) is 0 Å². The molecule has 2 amide bonds. The Labute approximate surface area is 206 Å². The largest absolute Gasteiger partial charge is 0.494 e. The summed E-state index contributed by atoms with van der Waals surface area (Å²) in [5, 5.41) is 14.4. The van der Waals surface area contributed by atoms with Gasteiger partial charge in [-0.1, -0.05) is 47.7 Å². The molecule has 0 saturated carbocycles.